The predicted octanol–water partition coefficient (Wildman–Crippen LogP) is 3.18. The van der Waals surface area contributed by atoms with Crippen LogP contribution in [0.1, 0.15) is 22.8 Å². The Morgan fingerprint density at radius 3 is 2.63 bits per heavy atom. The number of rotatable bonds is 6. The smallest absolute Gasteiger partial charge is 0.339 e. The molecule has 9 heteroatoms. The topological polar surface area (TPSA) is 82.1 Å². The Balaban J connectivity index is 1.91. The summed E-state index contributed by atoms with van der Waals surface area (Å²) in [5, 5.41) is 0. The first-order chi connectivity index (χ1) is 12.9. The molecule has 0 aliphatic carbocycles. The summed E-state index contributed by atoms with van der Waals surface area (Å²) >= 11 is 3.24. The van der Waals surface area contributed by atoms with Gasteiger partial charge < -0.3 is 14.2 Å². The van der Waals surface area contributed by atoms with Crippen molar-refractivity contribution in [3.63, 3.8) is 0 Å². The molecule has 0 radical (unpaired) electrons. The lowest BCUT2D eigenvalue weighted by atomic mass is 10.2. The van der Waals surface area contributed by atoms with Crippen molar-refractivity contribution in [3.05, 3.63) is 52.0 Å². The van der Waals surface area contributed by atoms with Gasteiger partial charge in [-0.1, -0.05) is 13.0 Å². The van der Waals surface area contributed by atoms with E-state index in [0.717, 1.165) is 5.56 Å². The van der Waals surface area contributed by atoms with Crippen molar-refractivity contribution in [2.75, 3.05) is 20.4 Å². The van der Waals surface area contributed by atoms with Crippen LogP contribution in [0, 0.1) is 0 Å². The molecule has 1 heterocycles. The number of carbonyl (C=O) groups is 1. The maximum Gasteiger partial charge on any atom is 0.339 e. The van der Waals surface area contributed by atoms with Crippen molar-refractivity contribution in [1.29, 1.82) is 0 Å². The van der Waals surface area contributed by atoms with Crippen molar-refractivity contribution in [2.45, 2.75) is 18.4 Å². The van der Waals surface area contributed by atoms with Gasteiger partial charge >= 0.3 is 5.97 Å². The lowest BCUT2D eigenvalue weighted by Crippen LogP contribution is -2.30. The van der Waals surface area contributed by atoms with Gasteiger partial charge in [0.25, 0.3) is 0 Å². The molecule has 0 saturated heterocycles. The van der Waals surface area contributed by atoms with E-state index in [-0.39, 0.29) is 30.3 Å². The number of sulfonamides is 1. The molecule has 0 N–H and O–H groups in total. The van der Waals surface area contributed by atoms with Gasteiger partial charge in [0.1, 0.15) is 0 Å². The molecule has 0 saturated carbocycles. The number of fused-ring (bicyclic) bond motifs is 1. The number of halogens is 1. The van der Waals surface area contributed by atoms with Crippen molar-refractivity contribution < 1.29 is 27.4 Å². The molecule has 0 amide bonds. The van der Waals surface area contributed by atoms with E-state index in [1.54, 1.807) is 25.1 Å². The van der Waals surface area contributed by atoms with Crippen LogP contribution in [-0.2, 0) is 21.3 Å². The van der Waals surface area contributed by atoms with Gasteiger partial charge in [0, 0.05) is 17.6 Å². The standard InChI is InChI=1S/C18H18BrNO6S/c1-3-20(10-12-4-7-16-17(8-12)26-11-25-16)27(22,23)13-5-6-15(19)14(9-13)18(21)24-2/h4-9H,3,10-11H2,1-2H3. The van der Waals surface area contributed by atoms with Gasteiger partial charge in [-0.05, 0) is 51.8 Å². The quantitative estimate of drug-likeness (QED) is 0.622. The number of hydrogen-bond acceptors (Lipinski definition) is 6. The Kier molecular flexibility index (Phi) is 5.73. The molecule has 0 spiro atoms. The Bertz CT molecular complexity index is 976. The van der Waals surface area contributed by atoms with E-state index < -0.39 is 16.0 Å². The molecule has 0 fully saturated rings. The van der Waals surface area contributed by atoms with Crippen LogP contribution in [0.4, 0.5) is 0 Å². The second-order valence-corrected chi connectivity index (χ2v) is 8.54. The van der Waals surface area contributed by atoms with Gasteiger partial charge in [-0.3, -0.25) is 0 Å². The third kappa shape index (κ3) is 3.95. The molecule has 7 nitrogen and oxygen atoms in total. The van der Waals surface area contributed by atoms with Gasteiger partial charge in [0.05, 0.1) is 17.6 Å². The molecular formula is C18H18BrNO6S. The highest BCUT2D eigenvalue weighted by atomic mass is 79.9. The number of benzene rings is 2. The third-order valence-electron chi connectivity index (χ3n) is 4.13. The van der Waals surface area contributed by atoms with Crippen LogP contribution in [0.25, 0.3) is 0 Å². The molecule has 27 heavy (non-hydrogen) atoms. The van der Waals surface area contributed by atoms with Crippen LogP contribution >= 0.6 is 15.9 Å². The zero-order valence-electron chi connectivity index (χ0n) is 14.8. The van der Waals surface area contributed by atoms with Crippen LogP contribution in [-0.4, -0.2) is 39.1 Å². The van der Waals surface area contributed by atoms with Gasteiger partial charge in [-0.15, -0.1) is 0 Å². The summed E-state index contributed by atoms with van der Waals surface area (Å²) in [5.74, 6) is 0.621. The highest BCUT2D eigenvalue weighted by Gasteiger charge is 2.26. The Labute approximate surface area is 166 Å². The van der Waals surface area contributed by atoms with Crippen molar-refractivity contribution in [1.82, 2.24) is 4.31 Å². The summed E-state index contributed by atoms with van der Waals surface area (Å²) in [7, 11) is -2.57. The summed E-state index contributed by atoms with van der Waals surface area (Å²) in [4.78, 5) is 11.9. The summed E-state index contributed by atoms with van der Waals surface area (Å²) < 4.78 is 43.3. The van der Waals surface area contributed by atoms with Crippen molar-refractivity contribution >= 4 is 31.9 Å². The SMILES string of the molecule is CCN(Cc1ccc2c(c1)OCO2)S(=O)(=O)c1ccc(Br)c(C(=O)OC)c1. The van der Waals surface area contributed by atoms with Crippen LogP contribution in [0.3, 0.4) is 0 Å². The average Bonchev–Trinajstić information content (AvgIpc) is 3.13. The lowest BCUT2D eigenvalue weighted by molar-refractivity contribution is 0.0599. The van der Waals surface area contributed by atoms with E-state index in [1.165, 1.54) is 29.6 Å². The van der Waals surface area contributed by atoms with E-state index in [0.29, 0.717) is 16.0 Å². The Hall–Kier alpha value is -2.10. The molecule has 1 aliphatic heterocycles. The summed E-state index contributed by atoms with van der Waals surface area (Å²) in [6, 6.07) is 9.61. The van der Waals surface area contributed by atoms with E-state index >= 15 is 0 Å². The van der Waals surface area contributed by atoms with Gasteiger partial charge in [-0.2, -0.15) is 4.31 Å². The molecular weight excluding hydrogens is 438 g/mol. The number of hydrogen-bond donors (Lipinski definition) is 0. The molecule has 1 aliphatic rings. The highest BCUT2D eigenvalue weighted by Crippen LogP contribution is 2.33. The fourth-order valence-corrected chi connectivity index (χ4v) is 4.56. The normalized spacial score (nSPS) is 13.0. The average molecular weight is 456 g/mol. The number of nitrogens with zero attached hydrogens (tertiary/aromatic N) is 1. The number of methoxy groups -OCH3 is 1. The molecule has 0 bridgehead atoms. The van der Waals surface area contributed by atoms with Crippen LogP contribution in [0.15, 0.2) is 45.8 Å². The van der Waals surface area contributed by atoms with Crippen LogP contribution < -0.4 is 9.47 Å². The minimum Gasteiger partial charge on any atom is -0.465 e. The summed E-state index contributed by atoms with van der Waals surface area (Å²) in [5.41, 5.74) is 0.924. The van der Waals surface area contributed by atoms with E-state index in [2.05, 4.69) is 15.9 Å². The van der Waals surface area contributed by atoms with E-state index in [1.807, 2.05) is 0 Å². The second-order valence-electron chi connectivity index (χ2n) is 5.75. The van der Waals surface area contributed by atoms with Gasteiger partial charge in [0.2, 0.25) is 16.8 Å². The van der Waals surface area contributed by atoms with Crippen LogP contribution in [0.5, 0.6) is 11.5 Å². The maximum atomic E-state index is 13.1. The molecule has 0 aromatic heterocycles. The fourth-order valence-electron chi connectivity index (χ4n) is 2.69. The first-order valence-electron chi connectivity index (χ1n) is 8.13. The van der Waals surface area contributed by atoms with Crippen LogP contribution in [0.2, 0.25) is 0 Å². The number of ether oxygens (including phenoxy) is 3. The monoisotopic (exact) mass is 455 g/mol. The molecule has 0 atom stereocenters. The molecule has 144 valence electrons. The van der Waals surface area contributed by atoms with E-state index in [4.69, 9.17) is 14.2 Å². The first kappa shape index (κ1) is 19.7. The van der Waals surface area contributed by atoms with Crippen molar-refractivity contribution in [2.24, 2.45) is 0 Å². The Morgan fingerprint density at radius 1 is 1.19 bits per heavy atom. The number of esters is 1. The van der Waals surface area contributed by atoms with Crippen molar-refractivity contribution in [3.8, 4) is 11.5 Å². The maximum absolute atomic E-state index is 13.1. The van der Waals surface area contributed by atoms with Gasteiger partial charge in [0.15, 0.2) is 11.5 Å². The minimum atomic E-state index is -3.81. The Morgan fingerprint density at radius 2 is 1.93 bits per heavy atom. The lowest BCUT2D eigenvalue weighted by Gasteiger charge is -2.21. The second kappa shape index (κ2) is 7.87. The first-order valence-corrected chi connectivity index (χ1v) is 10.4. The predicted molar refractivity (Wildman–Crippen MR) is 101 cm³/mol. The highest BCUT2D eigenvalue weighted by molar-refractivity contribution is 9.10. The third-order valence-corrected chi connectivity index (χ3v) is 6.74. The fraction of sp³-hybridized carbons (Fsp3) is 0.278. The van der Waals surface area contributed by atoms with Gasteiger partial charge in [-0.25, -0.2) is 13.2 Å². The summed E-state index contributed by atoms with van der Waals surface area (Å²) in [6.45, 7) is 2.34. The minimum absolute atomic E-state index is 0.0219. The molecule has 2 aromatic carbocycles. The molecule has 2 aromatic rings. The largest absolute Gasteiger partial charge is 0.465 e. The number of carbonyl (C=O) groups excluding carboxylic acids is 1. The summed E-state index contributed by atoms with van der Waals surface area (Å²) in [6.07, 6.45) is 0. The molecule has 0 unspecified atom stereocenters. The van der Waals surface area contributed by atoms with E-state index in [9.17, 15) is 13.2 Å². The molecule has 3 rings (SSSR count). The zero-order valence-corrected chi connectivity index (χ0v) is 17.2. The zero-order chi connectivity index (χ0) is 19.6.